The fourth-order valence-electron chi connectivity index (χ4n) is 3.83. The molecular weight excluding hydrogens is 291 g/mol. The summed E-state index contributed by atoms with van der Waals surface area (Å²) in [5, 5.41) is 3.49. The van der Waals surface area contributed by atoms with Gasteiger partial charge in [-0.3, -0.25) is 4.79 Å². The van der Waals surface area contributed by atoms with Crippen LogP contribution in [0.5, 0.6) is 0 Å². The fourth-order valence-corrected chi connectivity index (χ4v) is 3.83. The van der Waals surface area contributed by atoms with Crippen molar-refractivity contribution in [2.24, 2.45) is 11.7 Å². The third kappa shape index (κ3) is 2.22. The minimum absolute atomic E-state index is 0.0311. The molecule has 116 valence electrons. The summed E-state index contributed by atoms with van der Waals surface area (Å²) in [6, 6.07) is 12.3. The molecule has 2 aromatic carbocycles. The van der Waals surface area contributed by atoms with Gasteiger partial charge < -0.3 is 11.1 Å². The summed E-state index contributed by atoms with van der Waals surface area (Å²) >= 11 is 0. The number of hydrogen-bond acceptors (Lipinski definition) is 2. The van der Waals surface area contributed by atoms with E-state index in [2.05, 4.69) is 17.5 Å². The Labute approximate surface area is 134 Å². The molecule has 0 spiro atoms. The van der Waals surface area contributed by atoms with E-state index >= 15 is 0 Å². The number of primary amides is 1. The first kappa shape index (κ1) is 14.0. The van der Waals surface area contributed by atoms with Crippen LogP contribution in [-0.2, 0) is 0 Å². The van der Waals surface area contributed by atoms with E-state index in [-0.39, 0.29) is 17.8 Å². The number of hydrogen-bond donors (Lipinski definition) is 2. The van der Waals surface area contributed by atoms with Gasteiger partial charge in [0, 0.05) is 5.92 Å². The lowest BCUT2D eigenvalue weighted by Crippen LogP contribution is -2.31. The van der Waals surface area contributed by atoms with Crippen molar-refractivity contribution in [3.63, 3.8) is 0 Å². The van der Waals surface area contributed by atoms with Gasteiger partial charge in [0.15, 0.2) is 0 Å². The van der Waals surface area contributed by atoms with Gasteiger partial charge in [0.05, 0.1) is 17.3 Å². The first-order valence-electron chi connectivity index (χ1n) is 7.76. The van der Waals surface area contributed by atoms with E-state index in [0.717, 1.165) is 23.2 Å². The van der Waals surface area contributed by atoms with Crippen LogP contribution in [0.15, 0.2) is 54.6 Å². The van der Waals surface area contributed by atoms with Crippen molar-refractivity contribution in [2.75, 3.05) is 5.32 Å². The molecule has 2 aliphatic rings. The lowest BCUT2D eigenvalue weighted by Gasteiger charge is -2.38. The molecule has 4 heteroatoms. The van der Waals surface area contributed by atoms with Gasteiger partial charge in [-0.25, -0.2) is 4.39 Å². The Morgan fingerprint density at radius 3 is 2.70 bits per heavy atom. The highest BCUT2D eigenvalue weighted by Crippen LogP contribution is 2.50. The first-order chi connectivity index (χ1) is 11.1. The molecule has 0 bridgehead atoms. The molecule has 4 rings (SSSR count). The van der Waals surface area contributed by atoms with Gasteiger partial charge in [-0.2, -0.15) is 0 Å². The number of nitrogens with two attached hydrogens (primary N) is 1. The molecule has 1 amide bonds. The minimum Gasteiger partial charge on any atom is -0.377 e. The lowest BCUT2D eigenvalue weighted by molar-refractivity contribution is 0.100. The number of carbonyl (C=O) groups excluding carboxylic acids is 1. The van der Waals surface area contributed by atoms with E-state index in [1.807, 2.05) is 12.1 Å². The maximum Gasteiger partial charge on any atom is 0.250 e. The standard InChI is InChI=1S/C19H17FN2O/c20-12-9-7-11(8-10-12)17-14-4-1-3-13(14)15-5-2-6-16(19(21)23)18(15)22-17/h1-3,5-10,13-14,17,22H,4H2,(H2,21,23). The number of rotatable bonds is 2. The summed E-state index contributed by atoms with van der Waals surface area (Å²) in [6.45, 7) is 0. The van der Waals surface area contributed by atoms with Crippen molar-refractivity contribution in [2.45, 2.75) is 18.4 Å². The number of allylic oxidation sites excluding steroid dienone is 2. The van der Waals surface area contributed by atoms with Crippen molar-refractivity contribution in [3.05, 3.63) is 77.1 Å². The van der Waals surface area contributed by atoms with Crippen LogP contribution in [0, 0.1) is 11.7 Å². The second-order valence-corrected chi connectivity index (χ2v) is 6.16. The minimum atomic E-state index is -0.437. The van der Waals surface area contributed by atoms with E-state index in [9.17, 15) is 9.18 Å². The number of fused-ring (bicyclic) bond motifs is 3. The van der Waals surface area contributed by atoms with E-state index in [1.165, 1.54) is 12.1 Å². The first-order valence-corrected chi connectivity index (χ1v) is 7.76. The summed E-state index contributed by atoms with van der Waals surface area (Å²) in [7, 11) is 0. The predicted octanol–water partition coefficient (Wildman–Crippen LogP) is 3.75. The summed E-state index contributed by atoms with van der Waals surface area (Å²) in [4.78, 5) is 11.8. The lowest BCUT2D eigenvalue weighted by atomic mass is 9.76. The van der Waals surface area contributed by atoms with Crippen LogP contribution in [-0.4, -0.2) is 5.91 Å². The van der Waals surface area contributed by atoms with Crippen molar-refractivity contribution in [1.29, 1.82) is 0 Å². The molecule has 2 aromatic rings. The number of amides is 1. The van der Waals surface area contributed by atoms with Crippen LogP contribution in [0.1, 0.15) is 39.9 Å². The van der Waals surface area contributed by atoms with Crippen molar-refractivity contribution >= 4 is 11.6 Å². The van der Waals surface area contributed by atoms with Gasteiger partial charge in [0.2, 0.25) is 0 Å². The van der Waals surface area contributed by atoms with Gasteiger partial charge in [-0.1, -0.05) is 36.4 Å². The van der Waals surface area contributed by atoms with Crippen LogP contribution in [0.3, 0.4) is 0 Å². The number of nitrogens with one attached hydrogen (secondary N) is 1. The van der Waals surface area contributed by atoms with Gasteiger partial charge in [0.25, 0.3) is 5.91 Å². The number of benzene rings is 2. The second-order valence-electron chi connectivity index (χ2n) is 6.16. The molecule has 3 atom stereocenters. The molecule has 1 heterocycles. The summed E-state index contributed by atoms with van der Waals surface area (Å²) in [5.41, 5.74) is 8.98. The Morgan fingerprint density at radius 2 is 1.96 bits per heavy atom. The highest BCUT2D eigenvalue weighted by atomic mass is 19.1. The third-order valence-electron chi connectivity index (χ3n) is 4.89. The van der Waals surface area contributed by atoms with Gasteiger partial charge >= 0.3 is 0 Å². The quantitative estimate of drug-likeness (QED) is 0.830. The summed E-state index contributed by atoms with van der Waals surface area (Å²) < 4.78 is 13.2. The summed E-state index contributed by atoms with van der Waals surface area (Å²) in [6.07, 6.45) is 5.34. The van der Waals surface area contributed by atoms with Crippen molar-refractivity contribution in [1.82, 2.24) is 0 Å². The highest BCUT2D eigenvalue weighted by molar-refractivity contribution is 5.99. The SMILES string of the molecule is NC(=O)c1cccc2c1NC(c1ccc(F)cc1)C1CC=CC21. The molecule has 3 unspecified atom stereocenters. The Hall–Kier alpha value is -2.62. The van der Waals surface area contributed by atoms with Crippen LogP contribution in [0.2, 0.25) is 0 Å². The summed E-state index contributed by atoms with van der Waals surface area (Å²) in [5.74, 6) is -0.0757. The average Bonchev–Trinajstić information content (AvgIpc) is 3.04. The molecule has 3 N–H and O–H groups in total. The normalized spacial score (nSPS) is 24.7. The molecule has 0 fully saturated rings. The topological polar surface area (TPSA) is 55.1 Å². The molecule has 1 aliphatic carbocycles. The van der Waals surface area contributed by atoms with E-state index in [0.29, 0.717) is 11.5 Å². The zero-order chi connectivity index (χ0) is 16.0. The van der Waals surface area contributed by atoms with E-state index < -0.39 is 5.91 Å². The number of anilines is 1. The Kier molecular flexibility index (Phi) is 3.18. The smallest absolute Gasteiger partial charge is 0.250 e. The molecule has 0 aromatic heterocycles. The third-order valence-corrected chi connectivity index (χ3v) is 4.89. The molecule has 0 saturated carbocycles. The molecule has 3 nitrogen and oxygen atoms in total. The Morgan fingerprint density at radius 1 is 1.17 bits per heavy atom. The highest BCUT2D eigenvalue weighted by Gasteiger charge is 2.38. The van der Waals surface area contributed by atoms with Gasteiger partial charge in [-0.05, 0) is 41.7 Å². The van der Waals surface area contributed by atoms with Gasteiger partial charge in [-0.15, -0.1) is 0 Å². The zero-order valence-electron chi connectivity index (χ0n) is 12.5. The van der Waals surface area contributed by atoms with Crippen LogP contribution in [0.4, 0.5) is 10.1 Å². The molecule has 1 aliphatic heterocycles. The van der Waals surface area contributed by atoms with Gasteiger partial charge in [0.1, 0.15) is 5.82 Å². The van der Waals surface area contributed by atoms with E-state index in [1.54, 1.807) is 18.2 Å². The van der Waals surface area contributed by atoms with E-state index in [4.69, 9.17) is 5.73 Å². The zero-order valence-corrected chi connectivity index (χ0v) is 12.5. The predicted molar refractivity (Wildman–Crippen MR) is 87.7 cm³/mol. The Bertz CT molecular complexity index is 798. The number of para-hydroxylation sites is 1. The fraction of sp³-hybridized carbons (Fsp3) is 0.211. The largest absolute Gasteiger partial charge is 0.377 e. The van der Waals surface area contributed by atoms with Crippen molar-refractivity contribution in [3.8, 4) is 0 Å². The van der Waals surface area contributed by atoms with Crippen LogP contribution in [0.25, 0.3) is 0 Å². The monoisotopic (exact) mass is 308 g/mol. The van der Waals surface area contributed by atoms with Crippen LogP contribution < -0.4 is 11.1 Å². The molecular formula is C19H17FN2O. The van der Waals surface area contributed by atoms with Crippen LogP contribution >= 0.6 is 0 Å². The molecule has 0 saturated heterocycles. The maximum atomic E-state index is 13.2. The second kappa shape index (κ2) is 5.23. The van der Waals surface area contributed by atoms with Crippen molar-refractivity contribution < 1.29 is 9.18 Å². The molecule has 0 radical (unpaired) electrons. The Balaban J connectivity index is 1.83. The molecule has 23 heavy (non-hydrogen) atoms. The number of carbonyl (C=O) groups is 1. The number of halogens is 1. The average molecular weight is 308 g/mol. The maximum absolute atomic E-state index is 13.2.